The van der Waals surface area contributed by atoms with E-state index in [2.05, 4.69) is 10.6 Å². The van der Waals surface area contributed by atoms with E-state index < -0.39 is 16.8 Å². The Labute approximate surface area is 182 Å². The summed E-state index contributed by atoms with van der Waals surface area (Å²) in [5, 5.41) is 16.7. The van der Waals surface area contributed by atoms with Crippen LogP contribution in [0.1, 0.15) is 68.1 Å². The maximum atomic E-state index is 12.8. The zero-order chi connectivity index (χ0) is 22.5. The molecule has 2 N–H and O–H groups in total. The lowest BCUT2D eigenvalue weighted by atomic mass is 9.95. The van der Waals surface area contributed by atoms with E-state index in [-0.39, 0.29) is 33.8 Å². The number of rotatable bonds is 6. The first kappa shape index (κ1) is 22.4. The van der Waals surface area contributed by atoms with Gasteiger partial charge >= 0.3 is 5.97 Å². The van der Waals surface area contributed by atoms with Crippen LogP contribution in [0.15, 0.2) is 24.3 Å². The van der Waals surface area contributed by atoms with Crippen LogP contribution < -0.4 is 10.6 Å². The summed E-state index contributed by atoms with van der Waals surface area (Å²) in [5.41, 5.74) is 0.347. The van der Waals surface area contributed by atoms with E-state index in [1.165, 1.54) is 25.3 Å². The quantitative estimate of drug-likeness (QED) is 0.392. The van der Waals surface area contributed by atoms with Gasteiger partial charge in [-0.1, -0.05) is 25.3 Å². The van der Waals surface area contributed by atoms with Crippen LogP contribution in [-0.4, -0.2) is 35.9 Å². The molecule has 10 heteroatoms. The molecule has 0 spiro atoms. The second-order valence-electron chi connectivity index (χ2n) is 7.32. The normalized spacial score (nSPS) is 14.0. The van der Waals surface area contributed by atoms with Gasteiger partial charge in [0.25, 0.3) is 17.5 Å². The summed E-state index contributed by atoms with van der Waals surface area (Å²) in [6, 6.07) is 5.34. The number of nitro groups is 1. The smallest absolute Gasteiger partial charge is 0.341 e. The molecule has 0 aliphatic heterocycles. The average Bonchev–Trinajstić information content (AvgIpc) is 3.09. The first-order chi connectivity index (χ1) is 14.8. The number of amides is 2. The van der Waals surface area contributed by atoms with Crippen molar-refractivity contribution >= 4 is 39.8 Å². The van der Waals surface area contributed by atoms with Crippen LogP contribution >= 0.6 is 11.3 Å². The maximum absolute atomic E-state index is 12.8. The number of nitro benzene ring substituents is 1. The standard InChI is InChI=1S/C21H23N3O6S/c1-12-16(21(27)30-2)20(23-18(25)13-7-6-10-15(11-13)24(28)29)31-17(12)19(26)22-14-8-4-3-5-9-14/h6-7,10-11,14H,3-5,8-9H2,1-2H3,(H,22,26)(H,23,25). The molecular weight excluding hydrogens is 422 g/mol. The van der Waals surface area contributed by atoms with Crippen LogP contribution in [0.25, 0.3) is 0 Å². The number of esters is 1. The van der Waals surface area contributed by atoms with E-state index in [1.807, 2.05) is 0 Å². The molecule has 0 unspecified atom stereocenters. The number of benzene rings is 1. The predicted octanol–water partition coefficient (Wildman–Crippen LogP) is 4.07. The average molecular weight is 445 g/mol. The van der Waals surface area contributed by atoms with E-state index in [4.69, 9.17) is 4.74 Å². The Balaban J connectivity index is 1.88. The fourth-order valence-corrected chi connectivity index (χ4v) is 4.69. The Morgan fingerprint density at radius 3 is 2.52 bits per heavy atom. The van der Waals surface area contributed by atoms with Crippen molar-refractivity contribution in [3.63, 3.8) is 0 Å². The van der Waals surface area contributed by atoms with Crippen molar-refractivity contribution in [2.45, 2.75) is 45.1 Å². The third-order valence-corrected chi connectivity index (χ3v) is 6.44. The monoisotopic (exact) mass is 445 g/mol. The summed E-state index contributed by atoms with van der Waals surface area (Å²) in [6.07, 6.45) is 5.11. The minimum absolute atomic E-state index is 0.0595. The highest BCUT2D eigenvalue weighted by Crippen LogP contribution is 2.34. The molecule has 2 aromatic rings. The summed E-state index contributed by atoms with van der Waals surface area (Å²) in [5.74, 6) is -1.61. The zero-order valence-corrected chi connectivity index (χ0v) is 18.0. The van der Waals surface area contributed by atoms with Crippen LogP contribution in [-0.2, 0) is 4.74 Å². The van der Waals surface area contributed by atoms with E-state index in [1.54, 1.807) is 6.92 Å². The number of ether oxygens (including phenoxy) is 1. The summed E-state index contributed by atoms with van der Waals surface area (Å²) >= 11 is 0.981. The largest absolute Gasteiger partial charge is 0.465 e. The van der Waals surface area contributed by atoms with Gasteiger partial charge in [-0.15, -0.1) is 11.3 Å². The number of carbonyl (C=O) groups is 3. The fourth-order valence-electron chi connectivity index (χ4n) is 3.60. The molecule has 3 rings (SSSR count). The van der Waals surface area contributed by atoms with Gasteiger partial charge in [0.05, 0.1) is 22.5 Å². The number of nitrogens with zero attached hydrogens (tertiary/aromatic N) is 1. The second kappa shape index (κ2) is 9.69. The minimum atomic E-state index is -0.681. The Kier molecular flexibility index (Phi) is 7.01. The molecule has 0 atom stereocenters. The van der Waals surface area contributed by atoms with Crippen LogP contribution in [0.5, 0.6) is 0 Å². The van der Waals surface area contributed by atoms with Gasteiger partial charge in [-0.05, 0) is 31.4 Å². The van der Waals surface area contributed by atoms with Crippen LogP contribution in [0, 0.1) is 17.0 Å². The third-order valence-electron chi connectivity index (χ3n) is 5.23. The van der Waals surface area contributed by atoms with Gasteiger partial charge < -0.3 is 15.4 Å². The van der Waals surface area contributed by atoms with E-state index in [9.17, 15) is 24.5 Å². The van der Waals surface area contributed by atoms with Crippen LogP contribution in [0.3, 0.4) is 0 Å². The highest BCUT2D eigenvalue weighted by molar-refractivity contribution is 7.18. The molecule has 1 aromatic heterocycles. The predicted molar refractivity (Wildman–Crippen MR) is 116 cm³/mol. The van der Waals surface area contributed by atoms with Gasteiger partial charge in [0.1, 0.15) is 5.00 Å². The molecule has 164 valence electrons. The highest BCUT2D eigenvalue weighted by atomic mass is 32.1. The summed E-state index contributed by atoms with van der Waals surface area (Å²) in [6.45, 7) is 1.63. The Morgan fingerprint density at radius 2 is 1.87 bits per heavy atom. The van der Waals surface area contributed by atoms with Gasteiger partial charge in [0, 0.05) is 23.7 Å². The molecule has 1 saturated carbocycles. The number of nitrogens with one attached hydrogen (secondary N) is 2. The van der Waals surface area contributed by atoms with Crippen molar-refractivity contribution < 1.29 is 24.0 Å². The van der Waals surface area contributed by atoms with Gasteiger partial charge in [-0.25, -0.2) is 4.79 Å². The number of non-ortho nitro benzene ring substituents is 1. The van der Waals surface area contributed by atoms with E-state index in [0.717, 1.165) is 49.5 Å². The van der Waals surface area contributed by atoms with Crippen molar-refractivity contribution in [3.05, 3.63) is 55.9 Å². The second-order valence-corrected chi connectivity index (χ2v) is 8.34. The number of hydrogen-bond donors (Lipinski definition) is 2. The maximum Gasteiger partial charge on any atom is 0.341 e. The summed E-state index contributed by atoms with van der Waals surface area (Å²) in [4.78, 5) is 48.6. The summed E-state index contributed by atoms with van der Waals surface area (Å²) < 4.78 is 4.83. The van der Waals surface area contributed by atoms with Crippen molar-refractivity contribution in [2.24, 2.45) is 0 Å². The van der Waals surface area contributed by atoms with Crippen molar-refractivity contribution in [3.8, 4) is 0 Å². The molecule has 2 amide bonds. The molecular formula is C21H23N3O6S. The first-order valence-electron chi connectivity index (χ1n) is 9.90. The minimum Gasteiger partial charge on any atom is -0.465 e. The number of methoxy groups -OCH3 is 1. The lowest BCUT2D eigenvalue weighted by Gasteiger charge is -2.22. The highest BCUT2D eigenvalue weighted by Gasteiger charge is 2.28. The molecule has 31 heavy (non-hydrogen) atoms. The van der Waals surface area contributed by atoms with Gasteiger partial charge in [0.2, 0.25) is 0 Å². The van der Waals surface area contributed by atoms with Gasteiger partial charge in [-0.2, -0.15) is 0 Å². The van der Waals surface area contributed by atoms with Crippen LogP contribution in [0.4, 0.5) is 10.7 Å². The molecule has 1 aromatic carbocycles. The van der Waals surface area contributed by atoms with Crippen molar-refractivity contribution in [2.75, 3.05) is 12.4 Å². The first-order valence-corrected chi connectivity index (χ1v) is 10.7. The molecule has 9 nitrogen and oxygen atoms in total. The van der Waals surface area contributed by atoms with Crippen LogP contribution in [0.2, 0.25) is 0 Å². The number of hydrogen-bond acceptors (Lipinski definition) is 7. The molecule has 1 heterocycles. The molecule has 0 bridgehead atoms. The molecule has 1 aliphatic carbocycles. The molecule has 1 aliphatic rings. The SMILES string of the molecule is COC(=O)c1c(NC(=O)c2cccc([N+](=O)[O-])c2)sc(C(=O)NC2CCCCC2)c1C. The zero-order valence-electron chi connectivity index (χ0n) is 17.2. The Morgan fingerprint density at radius 1 is 1.16 bits per heavy atom. The van der Waals surface area contributed by atoms with Gasteiger partial charge in [0.15, 0.2) is 0 Å². The summed E-state index contributed by atoms with van der Waals surface area (Å²) in [7, 11) is 1.22. The topological polar surface area (TPSA) is 128 Å². The van der Waals surface area contributed by atoms with Crippen molar-refractivity contribution in [1.82, 2.24) is 5.32 Å². The lowest BCUT2D eigenvalue weighted by Crippen LogP contribution is -2.36. The number of thiophene rings is 1. The molecule has 1 fully saturated rings. The Hall–Kier alpha value is -3.27. The van der Waals surface area contributed by atoms with Crippen molar-refractivity contribution in [1.29, 1.82) is 0 Å². The Bertz CT molecular complexity index is 1030. The fraction of sp³-hybridized carbons (Fsp3) is 0.381. The lowest BCUT2D eigenvalue weighted by molar-refractivity contribution is -0.384. The molecule has 0 saturated heterocycles. The third kappa shape index (κ3) is 5.08. The van der Waals surface area contributed by atoms with E-state index in [0.29, 0.717) is 10.4 Å². The number of anilines is 1. The number of carbonyl (C=O) groups excluding carboxylic acids is 3. The van der Waals surface area contributed by atoms with Gasteiger partial charge in [-0.3, -0.25) is 19.7 Å². The molecule has 0 radical (unpaired) electrons. The van der Waals surface area contributed by atoms with E-state index >= 15 is 0 Å².